The van der Waals surface area contributed by atoms with Crippen molar-refractivity contribution in [1.29, 1.82) is 0 Å². The minimum absolute atomic E-state index is 0.00153. The molecule has 0 bridgehead atoms. The first-order valence-electron chi connectivity index (χ1n) is 6.54. The van der Waals surface area contributed by atoms with Gasteiger partial charge in [0.2, 0.25) is 11.8 Å². The lowest BCUT2D eigenvalue weighted by atomic mass is 10.1. The molecule has 0 radical (unpaired) electrons. The molecular formula is C13H23N3O2. The SMILES string of the molecule is C=CCN1CCNC(CC(=O)N(CC)CC)C1=O. The molecular weight excluding hydrogens is 230 g/mol. The number of hydrogen-bond donors (Lipinski definition) is 1. The van der Waals surface area contributed by atoms with E-state index in [-0.39, 0.29) is 24.3 Å². The third-order valence-corrected chi connectivity index (χ3v) is 3.23. The lowest BCUT2D eigenvalue weighted by molar-refractivity contribution is -0.140. The van der Waals surface area contributed by atoms with Crippen molar-refractivity contribution in [3.63, 3.8) is 0 Å². The quantitative estimate of drug-likeness (QED) is 0.690. The Kier molecular flexibility index (Phi) is 5.85. The summed E-state index contributed by atoms with van der Waals surface area (Å²) in [6.45, 7) is 10.9. The zero-order chi connectivity index (χ0) is 13.5. The van der Waals surface area contributed by atoms with Gasteiger partial charge in [-0.1, -0.05) is 6.08 Å². The van der Waals surface area contributed by atoms with Crippen molar-refractivity contribution in [1.82, 2.24) is 15.1 Å². The second kappa shape index (κ2) is 7.16. The monoisotopic (exact) mass is 253 g/mol. The molecule has 1 saturated heterocycles. The minimum atomic E-state index is -0.383. The number of piperazine rings is 1. The summed E-state index contributed by atoms with van der Waals surface area (Å²) in [7, 11) is 0. The van der Waals surface area contributed by atoms with Gasteiger partial charge in [0.1, 0.15) is 0 Å². The number of carbonyl (C=O) groups excluding carboxylic acids is 2. The van der Waals surface area contributed by atoms with Crippen molar-refractivity contribution < 1.29 is 9.59 Å². The number of hydrogen-bond acceptors (Lipinski definition) is 3. The van der Waals surface area contributed by atoms with Crippen LogP contribution >= 0.6 is 0 Å². The summed E-state index contributed by atoms with van der Waals surface area (Å²) in [5, 5.41) is 3.12. The van der Waals surface area contributed by atoms with Gasteiger partial charge in [0.05, 0.1) is 12.5 Å². The van der Waals surface area contributed by atoms with E-state index < -0.39 is 0 Å². The molecule has 0 aromatic heterocycles. The van der Waals surface area contributed by atoms with Crippen LogP contribution in [0.25, 0.3) is 0 Å². The fourth-order valence-corrected chi connectivity index (χ4v) is 2.17. The standard InChI is InChI=1S/C13H23N3O2/c1-4-8-16-9-7-14-11(13(16)18)10-12(17)15(5-2)6-3/h4,11,14H,1,5-10H2,2-3H3. The van der Waals surface area contributed by atoms with Crippen molar-refractivity contribution >= 4 is 11.8 Å². The van der Waals surface area contributed by atoms with Gasteiger partial charge in [0.15, 0.2) is 0 Å². The topological polar surface area (TPSA) is 52.7 Å². The molecule has 2 amide bonds. The van der Waals surface area contributed by atoms with E-state index in [1.54, 1.807) is 15.9 Å². The van der Waals surface area contributed by atoms with Crippen molar-refractivity contribution in [2.45, 2.75) is 26.3 Å². The number of nitrogens with zero attached hydrogens (tertiary/aromatic N) is 2. The maximum atomic E-state index is 12.1. The van der Waals surface area contributed by atoms with E-state index in [2.05, 4.69) is 11.9 Å². The molecule has 0 saturated carbocycles. The van der Waals surface area contributed by atoms with Crippen molar-refractivity contribution in [2.24, 2.45) is 0 Å². The lowest BCUT2D eigenvalue weighted by Crippen LogP contribution is -2.56. The molecule has 1 N–H and O–H groups in total. The Balaban J connectivity index is 2.57. The van der Waals surface area contributed by atoms with Gasteiger partial charge in [-0.3, -0.25) is 9.59 Å². The summed E-state index contributed by atoms with van der Waals surface area (Å²) in [6, 6.07) is -0.383. The largest absolute Gasteiger partial charge is 0.343 e. The Hall–Kier alpha value is -1.36. The first kappa shape index (κ1) is 14.7. The number of carbonyl (C=O) groups is 2. The zero-order valence-electron chi connectivity index (χ0n) is 11.3. The average Bonchev–Trinajstić information content (AvgIpc) is 2.36. The fourth-order valence-electron chi connectivity index (χ4n) is 2.17. The maximum absolute atomic E-state index is 12.1. The number of rotatable bonds is 6. The molecule has 1 atom stereocenters. The molecule has 1 unspecified atom stereocenters. The van der Waals surface area contributed by atoms with Crippen LogP contribution in [0, 0.1) is 0 Å². The minimum Gasteiger partial charge on any atom is -0.343 e. The molecule has 0 spiro atoms. The van der Waals surface area contributed by atoms with Gasteiger partial charge >= 0.3 is 0 Å². The maximum Gasteiger partial charge on any atom is 0.240 e. The zero-order valence-corrected chi connectivity index (χ0v) is 11.3. The highest BCUT2D eigenvalue weighted by molar-refractivity contribution is 5.89. The highest BCUT2D eigenvalue weighted by atomic mass is 16.2. The Morgan fingerprint density at radius 3 is 2.78 bits per heavy atom. The van der Waals surface area contributed by atoms with Crippen molar-refractivity contribution in [2.75, 3.05) is 32.7 Å². The highest BCUT2D eigenvalue weighted by Gasteiger charge is 2.30. The molecule has 5 heteroatoms. The smallest absolute Gasteiger partial charge is 0.240 e. The fraction of sp³-hybridized carbons (Fsp3) is 0.692. The molecule has 0 aliphatic carbocycles. The van der Waals surface area contributed by atoms with E-state index in [1.165, 1.54) is 0 Å². The Labute approximate surface area is 109 Å². The molecule has 1 fully saturated rings. The van der Waals surface area contributed by atoms with Gasteiger partial charge in [0, 0.05) is 32.7 Å². The van der Waals surface area contributed by atoms with E-state index in [0.717, 1.165) is 6.54 Å². The third kappa shape index (κ3) is 3.57. The molecule has 5 nitrogen and oxygen atoms in total. The predicted molar refractivity (Wildman–Crippen MR) is 71.1 cm³/mol. The summed E-state index contributed by atoms with van der Waals surface area (Å²) < 4.78 is 0. The highest BCUT2D eigenvalue weighted by Crippen LogP contribution is 2.07. The second-order valence-corrected chi connectivity index (χ2v) is 4.35. The van der Waals surface area contributed by atoms with Crippen LogP contribution in [0.4, 0.5) is 0 Å². The molecule has 18 heavy (non-hydrogen) atoms. The first-order chi connectivity index (χ1) is 8.63. The van der Waals surface area contributed by atoms with Gasteiger partial charge in [0.25, 0.3) is 0 Å². The Morgan fingerprint density at radius 1 is 1.56 bits per heavy atom. The Morgan fingerprint density at radius 2 is 2.22 bits per heavy atom. The average molecular weight is 253 g/mol. The molecule has 1 aliphatic heterocycles. The summed E-state index contributed by atoms with van der Waals surface area (Å²) in [5.41, 5.74) is 0. The van der Waals surface area contributed by atoms with Gasteiger partial charge < -0.3 is 15.1 Å². The lowest BCUT2D eigenvalue weighted by Gasteiger charge is -2.33. The van der Waals surface area contributed by atoms with E-state index in [0.29, 0.717) is 26.2 Å². The van der Waals surface area contributed by atoms with Crippen molar-refractivity contribution in [3.8, 4) is 0 Å². The molecule has 1 heterocycles. The van der Waals surface area contributed by atoms with Gasteiger partial charge in [-0.05, 0) is 13.8 Å². The molecule has 1 rings (SSSR count). The summed E-state index contributed by atoms with van der Waals surface area (Å²) in [6.07, 6.45) is 1.96. The Bertz CT molecular complexity index is 313. The molecule has 0 aromatic rings. The van der Waals surface area contributed by atoms with Gasteiger partial charge in [-0.25, -0.2) is 0 Å². The van der Waals surface area contributed by atoms with Crippen molar-refractivity contribution in [3.05, 3.63) is 12.7 Å². The first-order valence-corrected chi connectivity index (χ1v) is 6.54. The molecule has 0 aromatic carbocycles. The van der Waals surface area contributed by atoms with Crippen LogP contribution in [-0.4, -0.2) is 60.4 Å². The second-order valence-electron chi connectivity index (χ2n) is 4.35. The normalized spacial score (nSPS) is 19.8. The van der Waals surface area contributed by atoms with Gasteiger partial charge in [-0.15, -0.1) is 6.58 Å². The summed E-state index contributed by atoms with van der Waals surface area (Å²) in [5.74, 6) is 0.0351. The van der Waals surface area contributed by atoms with Crippen LogP contribution in [0.3, 0.4) is 0 Å². The summed E-state index contributed by atoms with van der Waals surface area (Å²) in [4.78, 5) is 27.6. The molecule has 1 aliphatic rings. The van der Waals surface area contributed by atoms with Crippen LogP contribution in [0.15, 0.2) is 12.7 Å². The van der Waals surface area contributed by atoms with E-state index in [9.17, 15) is 9.59 Å². The van der Waals surface area contributed by atoms with Crippen LogP contribution in [0.1, 0.15) is 20.3 Å². The van der Waals surface area contributed by atoms with Gasteiger partial charge in [-0.2, -0.15) is 0 Å². The van der Waals surface area contributed by atoms with Crippen LogP contribution in [-0.2, 0) is 9.59 Å². The van der Waals surface area contributed by atoms with E-state index >= 15 is 0 Å². The van der Waals surface area contributed by atoms with Crippen LogP contribution in [0.5, 0.6) is 0 Å². The number of nitrogens with one attached hydrogen (secondary N) is 1. The summed E-state index contributed by atoms with van der Waals surface area (Å²) >= 11 is 0. The van der Waals surface area contributed by atoms with Crippen LogP contribution < -0.4 is 5.32 Å². The predicted octanol–water partition coefficient (Wildman–Crippen LogP) is 0.231. The van der Waals surface area contributed by atoms with Crippen LogP contribution in [0.2, 0.25) is 0 Å². The molecule has 102 valence electrons. The number of amides is 2. The van der Waals surface area contributed by atoms with E-state index in [4.69, 9.17) is 0 Å². The third-order valence-electron chi connectivity index (χ3n) is 3.23. The van der Waals surface area contributed by atoms with E-state index in [1.807, 2.05) is 13.8 Å².